The highest BCUT2D eigenvalue weighted by Crippen LogP contribution is 2.63. The summed E-state index contributed by atoms with van der Waals surface area (Å²) in [5, 5.41) is 0. The van der Waals surface area contributed by atoms with Crippen LogP contribution in [0.25, 0.3) is 0 Å². The molecular weight excluding hydrogens is 132 g/mol. The van der Waals surface area contributed by atoms with Crippen LogP contribution < -0.4 is 0 Å². The van der Waals surface area contributed by atoms with Crippen LogP contribution in [-0.4, -0.2) is 0 Å². The number of rotatable bonds is 0. The molecule has 0 amide bonds. The number of allylic oxidation sites excluding steroid dienone is 2. The van der Waals surface area contributed by atoms with Gasteiger partial charge in [0.25, 0.3) is 0 Å². The molecule has 0 heteroatoms. The molecule has 0 aromatic carbocycles. The van der Waals surface area contributed by atoms with Gasteiger partial charge in [-0.2, -0.15) is 0 Å². The lowest BCUT2D eigenvalue weighted by molar-refractivity contribution is 0.194. The molecule has 2 fully saturated rings. The molecule has 0 N–H and O–H groups in total. The van der Waals surface area contributed by atoms with E-state index < -0.39 is 0 Å². The summed E-state index contributed by atoms with van der Waals surface area (Å²) >= 11 is 0. The van der Waals surface area contributed by atoms with Crippen molar-refractivity contribution in [3.63, 3.8) is 0 Å². The molecule has 2 atom stereocenters. The molecule has 0 aromatic heterocycles. The fourth-order valence-electron chi connectivity index (χ4n) is 3.40. The van der Waals surface area contributed by atoms with Crippen molar-refractivity contribution in [3.05, 3.63) is 11.6 Å². The van der Waals surface area contributed by atoms with E-state index in [-0.39, 0.29) is 0 Å². The Bertz CT molecular complexity index is 212. The van der Waals surface area contributed by atoms with Gasteiger partial charge in [0, 0.05) is 5.41 Å². The van der Waals surface area contributed by atoms with Gasteiger partial charge in [-0.3, -0.25) is 0 Å². The Morgan fingerprint density at radius 2 is 2.09 bits per heavy atom. The van der Waals surface area contributed by atoms with Gasteiger partial charge in [0.2, 0.25) is 0 Å². The molecule has 0 heterocycles. The second-order valence-corrected chi connectivity index (χ2v) is 4.54. The molecule has 11 heavy (non-hydrogen) atoms. The summed E-state index contributed by atoms with van der Waals surface area (Å²) in [6.07, 6.45) is 13.1. The van der Waals surface area contributed by atoms with Crippen LogP contribution in [0.1, 0.15) is 44.9 Å². The average molecular weight is 148 g/mol. The van der Waals surface area contributed by atoms with Crippen molar-refractivity contribution < 1.29 is 0 Å². The quantitative estimate of drug-likeness (QED) is 0.462. The smallest absolute Gasteiger partial charge is 0.0122 e. The van der Waals surface area contributed by atoms with Gasteiger partial charge in [0.15, 0.2) is 0 Å². The van der Waals surface area contributed by atoms with Gasteiger partial charge in [-0.15, -0.1) is 0 Å². The Balaban J connectivity index is 1.86. The van der Waals surface area contributed by atoms with Crippen molar-refractivity contribution in [3.8, 4) is 0 Å². The van der Waals surface area contributed by atoms with E-state index in [1.165, 1.54) is 44.9 Å². The number of hydrogen-bond acceptors (Lipinski definition) is 0. The van der Waals surface area contributed by atoms with Crippen molar-refractivity contribution in [2.75, 3.05) is 0 Å². The molecule has 1 spiro atoms. The second kappa shape index (κ2) is 1.91. The summed E-state index contributed by atoms with van der Waals surface area (Å²) in [7, 11) is 0. The molecule has 0 aromatic rings. The summed E-state index contributed by atoms with van der Waals surface area (Å²) in [6.45, 7) is 0. The van der Waals surface area contributed by atoms with Crippen LogP contribution in [0.2, 0.25) is 0 Å². The maximum atomic E-state index is 2.60. The second-order valence-electron chi connectivity index (χ2n) is 4.54. The Kier molecular flexibility index (Phi) is 1.09. The Labute approximate surface area is 68.7 Å². The molecule has 60 valence electrons. The molecule has 3 aliphatic carbocycles. The van der Waals surface area contributed by atoms with E-state index in [1.807, 2.05) is 5.57 Å². The van der Waals surface area contributed by atoms with Crippen LogP contribution in [-0.2, 0) is 0 Å². The first-order valence-electron chi connectivity index (χ1n) is 5.14. The van der Waals surface area contributed by atoms with Crippen molar-refractivity contribution >= 4 is 0 Å². The predicted molar refractivity (Wildman–Crippen MR) is 46.3 cm³/mol. The molecule has 0 aliphatic heterocycles. The van der Waals surface area contributed by atoms with Crippen LogP contribution in [0.3, 0.4) is 0 Å². The maximum absolute atomic E-state index is 2.60. The van der Waals surface area contributed by atoms with Crippen LogP contribution in [0.4, 0.5) is 0 Å². The predicted octanol–water partition coefficient (Wildman–Crippen LogP) is 3.29. The molecular formula is C11H16. The minimum atomic E-state index is 0.733. The summed E-state index contributed by atoms with van der Waals surface area (Å²) in [5.41, 5.74) is 2.57. The molecule has 2 saturated carbocycles. The third kappa shape index (κ3) is 0.706. The van der Waals surface area contributed by atoms with Crippen LogP contribution in [0, 0.1) is 11.3 Å². The average Bonchev–Trinajstić information content (AvgIpc) is 2.75. The highest BCUT2D eigenvalue weighted by molar-refractivity contribution is 5.42. The largest absolute Gasteiger partial charge is 0.0739 e. The van der Waals surface area contributed by atoms with E-state index >= 15 is 0 Å². The Hall–Kier alpha value is -0.260. The zero-order valence-electron chi connectivity index (χ0n) is 7.10. The van der Waals surface area contributed by atoms with Gasteiger partial charge in [-0.1, -0.05) is 24.5 Å². The van der Waals surface area contributed by atoms with Gasteiger partial charge in [-0.25, -0.2) is 0 Å². The fourth-order valence-corrected chi connectivity index (χ4v) is 3.40. The third-order valence-corrected chi connectivity index (χ3v) is 4.07. The van der Waals surface area contributed by atoms with Gasteiger partial charge < -0.3 is 0 Å². The third-order valence-electron chi connectivity index (χ3n) is 4.07. The van der Waals surface area contributed by atoms with E-state index in [2.05, 4.69) is 6.08 Å². The van der Waals surface area contributed by atoms with E-state index in [4.69, 9.17) is 0 Å². The highest BCUT2D eigenvalue weighted by Gasteiger charge is 2.51. The summed E-state index contributed by atoms with van der Waals surface area (Å²) in [5.74, 6) is 1.08. The first kappa shape index (κ1) is 6.28. The SMILES string of the molecule is C1=C2CCCC3CCCCC123. The fraction of sp³-hybridized carbons (Fsp3) is 0.818. The normalized spacial score (nSPS) is 47.3. The van der Waals surface area contributed by atoms with Crippen molar-refractivity contribution in [2.24, 2.45) is 11.3 Å². The molecule has 0 nitrogen and oxygen atoms in total. The number of hydrogen-bond donors (Lipinski definition) is 0. The maximum Gasteiger partial charge on any atom is 0.0122 e. The van der Waals surface area contributed by atoms with Crippen molar-refractivity contribution in [1.82, 2.24) is 0 Å². The van der Waals surface area contributed by atoms with E-state index in [0.29, 0.717) is 0 Å². The summed E-state index contributed by atoms with van der Waals surface area (Å²) in [6, 6.07) is 0. The molecule has 3 rings (SSSR count). The summed E-state index contributed by atoms with van der Waals surface area (Å²) in [4.78, 5) is 0. The Morgan fingerprint density at radius 1 is 1.18 bits per heavy atom. The molecule has 3 aliphatic rings. The molecule has 0 radical (unpaired) electrons. The first-order valence-corrected chi connectivity index (χ1v) is 5.14. The topological polar surface area (TPSA) is 0 Å². The Morgan fingerprint density at radius 3 is 3.00 bits per heavy atom. The van der Waals surface area contributed by atoms with E-state index in [9.17, 15) is 0 Å². The first-order chi connectivity index (χ1) is 5.42. The minimum absolute atomic E-state index is 0.733. The zero-order valence-corrected chi connectivity index (χ0v) is 7.10. The lowest BCUT2D eigenvalue weighted by Crippen LogP contribution is -2.26. The molecule has 0 saturated heterocycles. The van der Waals surface area contributed by atoms with Crippen molar-refractivity contribution in [1.29, 1.82) is 0 Å². The lowest BCUT2D eigenvalue weighted by atomic mass is 9.68. The highest BCUT2D eigenvalue weighted by atomic mass is 14.6. The van der Waals surface area contributed by atoms with Gasteiger partial charge in [0.1, 0.15) is 0 Å². The van der Waals surface area contributed by atoms with Crippen molar-refractivity contribution in [2.45, 2.75) is 44.9 Å². The van der Waals surface area contributed by atoms with Gasteiger partial charge in [-0.05, 0) is 38.0 Å². The van der Waals surface area contributed by atoms with Crippen LogP contribution in [0.15, 0.2) is 11.6 Å². The van der Waals surface area contributed by atoms with Crippen LogP contribution >= 0.6 is 0 Å². The van der Waals surface area contributed by atoms with Gasteiger partial charge >= 0.3 is 0 Å². The standard InChI is InChI=1S/C11H16/c1-2-7-11-8-10(11)6-3-5-9(11)4-1/h8-9H,1-7H2. The monoisotopic (exact) mass is 148 g/mol. The molecule has 2 unspecified atom stereocenters. The van der Waals surface area contributed by atoms with Gasteiger partial charge in [0.05, 0.1) is 0 Å². The molecule has 0 bridgehead atoms. The zero-order chi connectivity index (χ0) is 7.31. The summed E-state index contributed by atoms with van der Waals surface area (Å²) < 4.78 is 0. The lowest BCUT2D eigenvalue weighted by Gasteiger charge is -2.37. The van der Waals surface area contributed by atoms with E-state index in [0.717, 1.165) is 11.3 Å². The van der Waals surface area contributed by atoms with E-state index in [1.54, 1.807) is 0 Å². The minimum Gasteiger partial charge on any atom is -0.0739 e. The van der Waals surface area contributed by atoms with Crippen LogP contribution in [0.5, 0.6) is 0 Å².